The lowest BCUT2D eigenvalue weighted by atomic mass is 10.2. The Morgan fingerprint density at radius 2 is 2.31 bits per heavy atom. The highest BCUT2D eigenvalue weighted by Crippen LogP contribution is 2.12. The van der Waals surface area contributed by atoms with Gasteiger partial charge in [-0.05, 0) is 37.6 Å². The largest absolute Gasteiger partial charge is 0.325 e. The summed E-state index contributed by atoms with van der Waals surface area (Å²) in [6, 6.07) is 5.78. The summed E-state index contributed by atoms with van der Waals surface area (Å²) in [6.07, 6.45) is 1.86. The van der Waals surface area contributed by atoms with Gasteiger partial charge in [0.05, 0.1) is 6.04 Å². The SMILES string of the molecule is Cl.O=C(Nc1cccc(F)c1)C1CCCN1. The Hall–Kier alpha value is -1.13. The number of benzene rings is 1. The van der Waals surface area contributed by atoms with Crippen LogP contribution in [-0.2, 0) is 4.79 Å². The molecular weight excluding hydrogens is 231 g/mol. The summed E-state index contributed by atoms with van der Waals surface area (Å²) >= 11 is 0. The fourth-order valence-electron chi connectivity index (χ4n) is 1.70. The quantitative estimate of drug-likeness (QED) is 0.835. The van der Waals surface area contributed by atoms with Gasteiger partial charge in [-0.3, -0.25) is 4.79 Å². The van der Waals surface area contributed by atoms with Crippen molar-refractivity contribution in [2.24, 2.45) is 0 Å². The molecular formula is C11H14ClFN2O. The second kappa shape index (κ2) is 5.82. The van der Waals surface area contributed by atoms with Crippen molar-refractivity contribution in [3.05, 3.63) is 30.1 Å². The average molecular weight is 245 g/mol. The van der Waals surface area contributed by atoms with Crippen LogP contribution in [0.2, 0.25) is 0 Å². The molecule has 0 aliphatic carbocycles. The van der Waals surface area contributed by atoms with Crippen LogP contribution in [0.3, 0.4) is 0 Å². The van der Waals surface area contributed by atoms with Crippen molar-refractivity contribution in [3.63, 3.8) is 0 Å². The van der Waals surface area contributed by atoms with Crippen molar-refractivity contribution in [3.8, 4) is 0 Å². The van der Waals surface area contributed by atoms with Crippen LogP contribution in [-0.4, -0.2) is 18.5 Å². The van der Waals surface area contributed by atoms with E-state index >= 15 is 0 Å². The molecule has 2 N–H and O–H groups in total. The van der Waals surface area contributed by atoms with Gasteiger partial charge in [-0.2, -0.15) is 0 Å². The van der Waals surface area contributed by atoms with Gasteiger partial charge in [-0.15, -0.1) is 12.4 Å². The standard InChI is InChI=1S/C11H13FN2O.ClH/c12-8-3-1-4-9(7-8)14-11(15)10-5-2-6-13-10;/h1,3-4,7,10,13H,2,5-6H2,(H,14,15);1H. The number of carbonyl (C=O) groups is 1. The lowest BCUT2D eigenvalue weighted by Crippen LogP contribution is -2.35. The van der Waals surface area contributed by atoms with Gasteiger partial charge in [-0.25, -0.2) is 4.39 Å². The van der Waals surface area contributed by atoms with Crippen molar-refractivity contribution in [2.75, 3.05) is 11.9 Å². The summed E-state index contributed by atoms with van der Waals surface area (Å²) in [5.41, 5.74) is 0.508. The molecule has 88 valence electrons. The molecule has 5 heteroatoms. The van der Waals surface area contributed by atoms with Crippen molar-refractivity contribution in [1.82, 2.24) is 5.32 Å². The fraction of sp³-hybridized carbons (Fsp3) is 0.364. The molecule has 1 heterocycles. The molecule has 1 aliphatic heterocycles. The van der Waals surface area contributed by atoms with E-state index in [1.807, 2.05) is 0 Å². The van der Waals surface area contributed by atoms with Gasteiger partial charge >= 0.3 is 0 Å². The molecule has 1 fully saturated rings. The molecule has 0 bridgehead atoms. The lowest BCUT2D eigenvalue weighted by Gasteiger charge is -2.10. The molecule has 16 heavy (non-hydrogen) atoms. The Labute approximate surface area is 99.8 Å². The van der Waals surface area contributed by atoms with E-state index in [1.165, 1.54) is 12.1 Å². The minimum absolute atomic E-state index is 0. The maximum atomic E-state index is 12.8. The maximum absolute atomic E-state index is 12.8. The first kappa shape index (κ1) is 12.9. The van der Waals surface area contributed by atoms with Crippen LogP contribution >= 0.6 is 12.4 Å². The van der Waals surface area contributed by atoms with Crippen molar-refractivity contribution in [1.29, 1.82) is 0 Å². The maximum Gasteiger partial charge on any atom is 0.241 e. The highest BCUT2D eigenvalue weighted by molar-refractivity contribution is 5.94. The Balaban J connectivity index is 0.00000128. The van der Waals surface area contributed by atoms with Gasteiger partial charge in [0.15, 0.2) is 0 Å². The third-order valence-electron chi connectivity index (χ3n) is 2.47. The van der Waals surface area contributed by atoms with Gasteiger partial charge in [0.25, 0.3) is 0 Å². The van der Waals surface area contributed by atoms with Gasteiger partial charge in [0.2, 0.25) is 5.91 Å². The number of halogens is 2. The molecule has 1 saturated heterocycles. The first-order valence-corrected chi connectivity index (χ1v) is 5.05. The van der Waals surface area contributed by atoms with Gasteiger partial charge in [0, 0.05) is 5.69 Å². The average Bonchev–Trinajstić information content (AvgIpc) is 2.70. The minimum atomic E-state index is -0.341. The topological polar surface area (TPSA) is 41.1 Å². The molecule has 0 saturated carbocycles. The summed E-state index contributed by atoms with van der Waals surface area (Å²) < 4.78 is 12.8. The van der Waals surface area contributed by atoms with E-state index in [0.717, 1.165) is 19.4 Å². The highest BCUT2D eigenvalue weighted by Gasteiger charge is 2.21. The predicted molar refractivity (Wildman–Crippen MR) is 63.3 cm³/mol. The Bertz CT molecular complexity index is 367. The molecule has 0 aromatic heterocycles. The zero-order valence-electron chi connectivity index (χ0n) is 8.70. The number of anilines is 1. The van der Waals surface area contributed by atoms with Crippen LogP contribution in [0.25, 0.3) is 0 Å². The molecule has 1 amide bonds. The van der Waals surface area contributed by atoms with E-state index in [1.54, 1.807) is 12.1 Å². The molecule has 1 aromatic carbocycles. The minimum Gasteiger partial charge on any atom is -0.325 e. The molecule has 2 rings (SSSR count). The van der Waals surface area contributed by atoms with Crippen LogP contribution < -0.4 is 10.6 Å². The first-order chi connectivity index (χ1) is 7.25. The van der Waals surface area contributed by atoms with Crippen LogP contribution in [0.15, 0.2) is 24.3 Å². The summed E-state index contributed by atoms with van der Waals surface area (Å²) in [4.78, 5) is 11.6. The van der Waals surface area contributed by atoms with Crippen LogP contribution in [0.5, 0.6) is 0 Å². The molecule has 1 unspecified atom stereocenters. The van der Waals surface area contributed by atoms with Crippen LogP contribution in [0.4, 0.5) is 10.1 Å². The summed E-state index contributed by atoms with van der Waals surface area (Å²) in [7, 11) is 0. The van der Waals surface area contributed by atoms with Crippen LogP contribution in [0, 0.1) is 5.82 Å². The van der Waals surface area contributed by atoms with E-state index in [2.05, 4.69) is 10.6 Å². The second-order valence-corrected chi connectivity index (χ2v) is 3.65. The molecule has 1 aliphatic rings. The number of hydrogen-bond donors (Lipinski definition) is 2. The first-order valence-electron chi connectivity index (χ1n) is 5.05. The summed E-state index contributed by atoms with van der Waals surface area (Å²) in [6.45, 7) is 0.876. The Morgan fingerprint density at radius 1 is 1.50 bits per heavy atom. The molecule has 0 spiro atoms. The number of nitrogens with one attached hydrogen (secondary N) is 2. The molecule has 0 radical (unpaired) electrons. The lowest BCUT2D eigenvalue weighted by molar-refractivity contribution is -0.117. The van der Waals surface area contributed by atoms with E-state index in [-0.39, 0.29) is 30.2 Å². The van der Waals surface area contributed by atoms with E-state index in [4.69, 9.17) is 0 Å². The summed E-state index contributed by atoms with van der Waals surface area (Å²) in [5, 5.41) is 5.77. The predicted octanol–water partition coefficient (Wildman–Crippen LogP) is 1.94. The van der Waals surface area contributed by atoms with Gasteiger partial charge < -0.3 is 10.6 Å². The fourth-order valence-corrected chi connectivity index (χ4v) is 1.70. The van der Waals surface area contributed by atoms with Crippen molar-refractivity contribution in [2.45, 2.75) is 18.9 Å². The monoisotopic (exact) mass is 244 g/mol. The van der Waals surface area contributed by atoms with Crippen LogP contribution in [0.1, 0.15) is 12.8 Å². The van der Waals surface area contributed by atoms with E-state index in [0.29, 0.717) is 5.69 Å². The number of carbonyl (C=O) groups excluding carboxylic acids is 1. The normalized spacial score (nSPS) is 18.9. The smallest absolute Gasteiger partial charge is 0.241 e. The van der Waals surface area contributed by atoms with Crippen molar-refractivity contribution >= 4 is 24.0 Å². The van der Waals surface area contributed by atoms with E-state index < -0.39 is 0 Å². The third-order valence-corrected chi connectivity index (χ3v) is 2.47. The molecule has 3 nitrogen and oxygen atoms in total. The third kappa shape index (κ3) is 3.18. The van der Waals surface area contributed by atoms with Gasteiger partial charge in [0.1, 0.15) is 5.82 Å². The molecule has 1 atom stereocenters. The van der Waals surface area contributed by atoms with Gasteiger partial charge in [-0.1, -0.05) is 6.07 Å². The number of hydrogen-bond acceptors (Lipinski definition) is 2. The molecule has 1 aromatic rings. The van der Waals surface area contributed by atoms with Crippen molar-refractivity contribution < 1.29 is 9.18 Å². The van der Waals surface area contributed by atoms with E-state index in [9.17, 15) is 9.18 Å². The number of amides is 1. The zero-order valence-corrected chi connectivity index (χ0v) is 9.52. The Morgan fingerprint density at radius 3 is 2.94 bits per heavy atom. The summed E-state index contributed by atoms with van der Waals surface area (Å²) in [5.74, 6) is -0.426. The second-order valence-electron chi connectivity index (χ2n) is 3.65. The Kier molecular flexibility index (Phi) is 4.71. The number of rotatable bonds is 2. The zero-order chi connectivity index (χ0) is 10.7. The highest BCUT2D eigenvalue weighted by atomic mass is 35.5.